The fourth-order valence-corrected chi connectivity index (χ4v) is 3.13. The predicted octanol–water partition coefficient (Wildman–Crippen LogP) is 2.93. The first-order valence-corrected chi connectivity index (χ1v) is 8.63. The largest absolute Gasteiger partial charge is 0.370 e. The molecule has 0 bridgehead atoms. The summed E-state index contributed by atoms with van der Waals surface area (Å²) < 4.78 is 2.13. The van der Waals surface area contributed by atoms with Gasteiger partial charge in [0, 0.05) is 55.5 Å². The normalized spacial score (nSPS) is 11.3. The van der Waals surface area contributed by atoms with E-state index in [1.807, 2.05) is 18.5 Å². The Hall–Kier alpha value is -2.66. The number of hydrogen-bond acceptors (Lipinski definition) is 3. The number of rotatable bonds is 8. The molecular formula is C20H24N4O. The third kappa shape index (κ3) is 4.25. The van der Waals surface area contributed by atoms with Crippen LogP contribution in [0.5, 0.6) is 0 Å². The van der Waals surface area contributed by atoms with Crippen molar-refractivity contribution in [1.29, 1.82) is 0 Å². The number of amides is 1. The minimum absolute atomic E-state index is 0.271. The number of para-hydroxylation sites is 1. The number of pyridine rings is 1. The SMILES string of the molecule is CCN(Cc1ccncc1)Cc1cn(CCC(N)=O)c2ccccc12. The van der Waals surface area contributed by atoms with E-state index in [4.69, 9.17) is 5.73 Å². The van der Waals surface area contributed by atoms with Gasteiger partial charge in [0.25, 0.3) is 0 Å². The van der Waals surface area contributed by atoms with E-state index in [0.717, 1.165) is 25.2 Å². The van der Waals surface area contributed by atoms with E-state index in [9.17, 15) is 4.79 Å². The van der Waals surface area contributed by atoms with Gasteiger partial charge in [-0.2, -0.15) is 0 Å². The maximum Gasteiger partial charge on any atom is 0.219 e. The summed E-state index contributed by atoms with van der Waals surface area (Å²) in [6.07, 6.45) is 6.17. The maximum atomic E-state index is 11.1. The molecule has 0 saturated carbocycles. The Balaban J connectivity index is 1.83. The number of carbonyl (C=O) groups excluding carboxylic acids is 1. The highest BCUT2D eigenvalue weighted by Crippen LogP contribution is 2.23. The zero-order chi connectivity index (χ0) is 17.6. The predicted molar refractivity (Wildman–Crippen MR) is 99.8 cm³/mol. The molecular weight excluding hydrogens is 312 g/mol. The molecule has 2 heterocycles. The lowest BCUT2D eigenvalue weighted by Crippen LogP contribution is -2.22. The Morgan fingerprint density at radius 2 is 1.92 bits per heavy atom. The average molecular weight is 336 g/mol. The molecule has 2 N–H and O–H groups in total. The van der Waals surface area contributed by atoms with Crippen molar-refractivity contribution in [3.05, 3.63) is 66.1 Å². The first-order chi connectivity index (χ1) is 12.2. The Labute approximate surface area is 148 Å². The fraction of sp³-hybridized carbons (Fsp3) is 0.300. The Kier molecular flexibility index (Phi) is 5.46. The molecule has 0 unspecified atom stereocenters. The molecule has 130 valence electrons. The van der Waals surface area contributed by atoms with Crippen LogP contribution in [0.25, 0.3) is 10.9 Å². The van der Waals surface area contributed by atoms with E-state index in [1.54, 1.807) is 0 Å². The van der Waals surface area contributed by atoms with E-state index in [2.05, 4.69) is 57.9 Å². The van der Waals surface area contributed by atoms with Gasteiger partial charge >= 0.3 is 0 Å². The van der Waals surface area contributed by atoms with Crippen LogP contribution in [0.4, 0.5) is 0 Å². The van der Waals surface area contributed by atoms with Crippen LogP contribution in [0.15, 0.2) is 55.0 Å². The molecule has 25 heavy (non-hydrogen) atoms. The van der Waals surface area contributed by atoms with Gasteiger partial charge in [0.2, 0.25) is 5.91 Å². The Bertz CT molecular complexity index is 841. The minimum atomic E-state index is -0.271. The van der Waals surface area contributed by atoms with Gasteiger partial charge in [0.1, 0.15) is 0 Å². The van der Waals surface area contributed by atoms with Gasteiger partial charge in [0.05, 0.1) is 0 Å². The lowest BCUT2D eigenvalue weighted by molar-refractivity contribution is -0.118. The van der Waals surface area contributed by atoms with E-state index in [-0.39, 0.29) is 5.91 Å². The van der Waals surface area contributed by atoms with E-state index < -0.39 is 0 Å². The van der Waals surface area contributed by atoms with Gasteiger partial charge in [-0.25, -0.2) is 0 Å². The summed E-state index contributed by atoms with van der Waals surface area (Å²) in [4.78, 5) is 17.6. The van der Waals surface area contributed by atoms with E-state index in [0.29, 0.717) is 13.0 Å². The van der Waals surface area contributed by atoms with Crippen LogP contribution < -0.4 is 5.73 Å². The van der Waals surface area contributed by atoms with Crippen LogP contribution in [0.2, 0.25) is 0 Å². The van der Waals surface area contributed by atoms with Crippen molar-refractivity contribution in [3.63, 3.8) is 0 Å². The molecule has 0 saturated heterocycles. The molecule has 0 fully saturated rings. The fourth-order valence-electron chi connectivity index (χ4n) is 3.13. The molecule has 0 aliphatic rings. The van der Waals surface area contributed by atoms with Crippen molar-refractivity contribution in [2.24, 2.45) is 5.73 Å². The lowest BCUT2D eigenvalue weighted by atomic mass is 10.1. The summed E-state index contributed by atoms with van der Waals surface area (Å²) in [6, 6.07) is 12.4. The van der Waals surface area contributed by atoms with Crippen molar-refractivity contribution >= 4 is 16.8 Å². The highest BCUT2D eigenvalue weighted by molar-refractivity contribution is 5.84. The molecule has 3 aromatic rings. The number of nitrogens with zero attached hydrogens (tertiary/aromatic N) is 3. The summed E-state index contributed by atoms with van der Waals surface area (Å²) in [6.45, 7) is 5.51. The number of primary amides is 1. The molecule has 0 spiro atoms. The monoisotopic (exact) mass is 336 g/mol. The second-order valence-electron chi connectivity index (χ2n) is 6.24. The first-order valence-electron chi connectivity index (χ1n) is 8.63. The smallest absolute Gasteiger partial charge is 0.219 e. The molecule has 3 rings (SSSR count). The molecule has 5 heteroatoms. The molecule has 0 aliphatic carbocycles. The molecule has 0 aliphatic heterocycles. The van der Waals surface area contributed by atoms with E-state index in [1.165, 1.54) is 16.5 Å². The first kappa shape index (κ1) is 17.2. The van der Waals surface area contributed by atoms with Crippen molar-refractivity contribution in [1.82, 2.24) is 14.5 Å². The zero-order valence-corrected chi connectivity index (χ0v) is 14.6. The van der Waals surface area contributed by atoms with Gasteiger partial charge in [0.15, 0.2) is 0 Å². The third-order valence-corrected chi connectivity index (χ3v) is 4.47. The molecule has 1 amide bonds. The van der Waals surface area contributed by atoms with Crippen LogP contribution in [-0.2, 0) is 24.4 Å². The van der Waals surface area contributed by atoms with Crippen molar-refractivity contribution in [2.75, 3.05) is 6.54 Å². The van der Waals surface area contributed by atoms with E-state index >= 15 is 0 Å². The summed E-state index contributed by atoms with van der Waals surface area (Å²) >= 11 is 0. The van der Waals surface area contributed by atoms with Crippen LogP contribution in [-0.4, -0.2) is 26.9 Å². The van der Waals surface area contributed by atoms with Crippen LogP contribution in [0.1, 0.15) is 24.5 Å². The van der Waals surface area contributed by atoms with Crippen LogP contribution in [0, 0.1) is 0 Å². The summed E-state index contributed by atoms with van der Waals surface area (Å²) in [5, 5.41) is 1.24. The number of hydrogen-bond donors (Lipinski definition) is 1. The minimum Gasteiger partial charge on any atom is -0.370 e. The van der Waals surface area contributed by atoms with Gasteiger partial charge < -0.3 is 10.3 Å². The van der Waals surface area contributed by atoms with Gasteiger partial charge in [-0.3, -0.25) is 14.7 Å². The lowest BCUT2D eigenvalue weighted by Gasteiger charge is -2.20. The highest BCUT2D eigenvalue weighted by atomic mass is 16.1. The quantitative estimate of drug-likeness (QED) is 0.688. The number of aromatic nitrogens is 2. The number of fused-ring (bicyclic) bond motifs is 1. The Morgan fingerprint density at radius 1 is 1.16 bits per heavy atom. The number of aryl methyl sites for hydroxylation is 1. The number of nitrogens with two attached hydrogens (primary N) is 1. The third-order valence-electron chi connectivity index (χ3n) is 4.47. The second-order valence-corrected chi connectivity index (χ2v) is 6.24. The number of benzene rings is 1. The molecule has 0 radical (unpaired) electrons. The topological polar surface area (TPSA) is 64.2 Å². The number of carbonyl (C=O) groups is 1. The Morgan fingerprint density at radius 3 is 2.64 bits per heavy atom. The molecule has 2 aromatic heterocycles. The highest BCUT2D eigenvalue weighted by Gasteiger charge is 2.12. The van der Waals surface area contributed by atoms with Crippen molar-refractivity contribution < 1.29 is 4.79 Å². The van der Waals surface area contributed by atoms with Crippen molar-refractivity contribution in [2.45, 2.75) is 33.0 Å². The average Bonchev–Trinajstić information content (AvgIpc) is 2.98. The molecule has 1 aromatic carbocycles. The summed E-state index contributed by atoms with van der Waals surface area (Å²) in [7, 11) is 0. The summed E-state index contributed by atoms with van der Waals surface area (Å²) in [5.74, 6) is -0.271. The molecule has 5 nitrogen and oxygen atoms in total. The van der Waals surface area contributed by atoms with Gasteiger partial charge in [-0.15, -0.1) is 0 Å². The van der Waals surface area contributed by atoms with Crippen LogP contribution in [0.3, 0.4) is 0 Å². The van der Waals surface area contributed by atoms with Crippen molar-refractivity contribution in [3.8, 4) is 0 Å². The van der Waals surface area contributed by atoms with Crippen LogP contribution >= 0.6 is 0 Å². The maximum absolute atomic E-state index is 11.1. The van der Waals surface area contributed by atoms with Gasteiger partial charge in [-0.05, 0) is 35.9 Å². The summed E-state index contributed by atoms with van der Waals surface area (Å²) in [5.41, 5.74) is 9.00. The van der Waals surface area contributed by atoms with Gasteiger partial charge in [-0.1, -0.05) is 25.1 Å². The standard InChI is InChI=1S/C20H24N4O/c1-2-23(13-16-7-10-22-11-8-16)14-17-15-24(12-9-20(21)25)19-6-4-3-5-18(17)19/h3-8,10-11,15H,2,9,12-14H2,1H3,(H2,21,25). The zero-order valence-electron chi connectivity index (χ0n) is 14.6. The molecule has 0 atom stereocenters. The second kappa shape index (κ2) is 7.94.